The van der Waals surface area contributed by atoms with Gasteiger partial charge in [0.1, 0.15) is 4.90 Å². The first-order valence-corrected chi connectivity index (χ1v) is 7.38. The lowest BCUT2D eigenvalue weighted by Crippen LogP contribution is -2.32. The second-order valence-electron chi connectivity index (χ2n) is 4.42. The maximum absolute atomic E-state index is 12.2. The molecule has 2 N–H and O–H groups in total. The molecule has 0 bridgehead atoms. The third-order valence-corrected chi connectivity index (χ3v) is 4.68. The lowest BCUT2D eigenvalue weighted by atomic mass is 10.2. The lowest BCUT2D eigenvalue weighted by Gasteiger charge is -2.13. The fraction of sp³-hybridized carbons (Fsp3) is 0.250. The van der Waals surface area contributed by atoms with Gasteiger partial charge < -0.3 is 10.4 Å². The van der Waals surface area contributed by atoms with Crippen LogP contribution in [0.3, 0.4) is 0 Å². The van der Waals surface area contributed by atoms with Crippen molar-refractivity contribution in [1.82, 2.24) is 4.31 Å². The summed E-state index contributed by atoms with van der Waals surface area (Å²) in [4.78, 5) is 33.3. The van der Waals surface area contributed by atoms with Crippen LogP contribution in [0.5, 0.6) is 0 Å². The van der Waals surface area contributed by atoms with E-state index in [0.29, 0.717) is 4.31 Å². The summed E-state index contributed by atoms with van der Waals surface area (Å²) in [5.41, 5.74) is 0.215. The van der Waals surface area contributed by atoms with E-state index in [1.54, 1.807) is 0 Å². The van der Waals surface area contributed by atoms with E-state index in [1.807, 2.05) is 0 Å². The van der Waals surface area contributed by atoms with Crippen LogP contribution in [0.1, 0.15) is 23.7 Å². The number of aliphatic carboxylic acids is 1. The van der Waals surface area contributed by atoms with E-state index in [0.717, 1.165) is 0 Å². The van der Waals surface area contributed by atoms with E-state index in [1.165, 1.54) is 25.1 Å². The van der Waals surface area contributed by atoms with Crippen LogP contribution in [0.25, 0.3) is 0 Å². The Kier molecular flexibility index (Phi) is 3.69. The molecule has 1 aliphatic heterocycles. The molecule has 0 radical (unpaired) electrons. The number of nitrogens with zero attached hydrogens (tertiary/aromatic N) is 1. The molecule has 1 aromatic rings. The van der Waals surface area contributed by atoms with E-state index >= 15 is 0 Å². The van der Waals surface area contributed by atoms with E-state index in [2.05, 4.69) is 5.32 Å². The van der Waals surface area contributed by atoms with Gasteiger partial charge in [0.15, 0.2) is 0 Å². The fourth-order valence-corrected chi connectivity index (χ4v) is 3.57. The zero-order chi connectivity index (χ0) is 15.8. The minimum Gasteiger partial charge on any atom is -0.481 e. The number of carbonyl (C=O) groups is 3. The van der Waals surface area contributed by atoms with Crippen LogP contribution in [0, 0.1) is 0 Å². The summed E-state index contributed by atoms with van der Waals surface area (Å²) >= 11 is 0. The first-order chi connectivity index (χ1) is 9.73. The largest absolute Gasteiger partial charge is 0.481 e. The third kappa shape index (κ3) is 2.72. The normalized spacial score (nSPS) is 15.7. The van der Waals surface area contributed by atoms with Crippen molar-refractivity contribution < 1.29 is 27.9 Å². The highest BCUT2D eigenvalue weighted by molar-refractivity contribution is 7.90. The summed E-state index contributed by atoms with van der Waals surface area (Å²) in [5, 5.41) is 11.0. The number of hydrogen-bond donors (Lipinski definition) is 2. The molecular formula is C12H12N2O6S. The van der Waals surface area contributed by atoms with Gasteiger partial charge in [-0.3, -0.25) is 14.4 Å². The third-order valence-electron chi connectivity index (χ3n) is 2.86. The van der Waals surface area contributed by atoms with E-state index < -0.39 is 34.9 Å². The Bertz CT molecular complexity index is 740. The molecule has 8 nitrogen and oxygen atoms in total. The highest BCUT2D eigenvalue weighted by Crippen LogP contribution is 2.32. The molecule has 1 aliphatic rings. The Morgan fingerprint density at radius 1 is 1.33 bits per heavy atom. The number of anilines is 1. The number of nitrogens with one attached hydrogen (secondary N) is 1. The maximum atomic E-state index is 12.2. The number of hydrogen-bond acceptors (Lipinski definition) is 5. The van der Waals surface area contributed by atoms with Gasteiger partial charge in [-0.05, 0) is 18.2 Å². The first kappa shape index (κ1) is 15.0. The maximum Gasteiger partial charge on any atom is 0.305 e. The number of benzene rings is 1. The predicted octanol–water partition coefficient (Wildman–Crippen LogP) is 0.264. The van der Waals surface area contributed by atoms with Crippen molar-refractivity contribution in [2.24, 2.45) is 0 Å². The van der Waals surface area contributed by atoms with Gasteiger partial charge in [0.2, 0.25) is 5.91 Å². The van der Waals surface area contributed by atoms with Crippen LogP contribution in [-0.4, -0.2) is 42.2 Å². The number of carboxylic acids is 1. The van der Waals surface area contributed by atoms with Gasteiger partial charge in [-0.25, -0.2) is 12.7 Å². The Morgan fingerprint density at radius 2 is 2.00 bits per heavy atom. The van der Waals surface area contributed by atoms with Crippen molar-refractivity contribution in [3.63, 3.8) is 0 Å². The Labute approximate surface area is 120 Å². The van der Waals surface area contributed by atoms with Gasteiger partial charge in [-0.15, -0.1) is 0 Å². The van der Waals surface area contributed by atoms with Crippen LogP contribution < -0.4 is 5.32 Å². The summed E-state index contributed by atoms with van der Waals surface area (Å²) in [6.45, 7) is 0.840. The summed E-state index contributed by atoms with van der Waals surface area (Å²) in [7, 11) is -4.08. The topological polar surface area (TPSA) is 121 Å². The van der Waals surface area contributed by atoms with Crippen LogP contribution in [0.2, 0.25) is 0 Å². The molecule has 2 rings (SSSR count). The van der Waals surface area contributed by atoms with Gasteiger partial charge in [0.05, 0.1) is 12.0 Å². The van der Waals surface area contributed by atoms with Crippen LogP contribution in [-0.2, 0) is 19.6 Å². The minimum absolute atomic E-state index is 0.0329. The molecule has 0 aromatic heterocycles. The van der Waals surface area contributed by atoms with Crippen LogP contribution >= 0.6 is 0 Å². The van der Waals surface area contributed by atoms with Crippen molar-refractivity contribution in [1.29, 1.82) is 0 Å². The number of carbonyl (C=O) groups excluding carboxylic acids is 2. The van der Waals surface area contributed by atoms with Crippen molar-refractivity contribution in [2.75, 3.05) is 11.9 Å². The summed E-state index contributed by atoms with van der Waals surface area (Å²) in [6.07, 6.45) is -0.475. The molecule has 0 aliphatic carbocycles. The van der Waals surface area contributed by atoms with Crippen molar-refractivity contribution in [2.45, 2.75) is 18.2 Å². The predicted molar refractivity (Wildman–Crippen MR) is 71.2 cm³/mol. The van der Waals surface area contributed by atoms with Gasteiger partial charge in [0, 0.05) is 19.2 Å². The first-order valence-electron chi connectivity index (χ1n) is 5.94. The minimum atomic E-state index is -4.08. The van der Waals surface area contributed by atoms with Crippen molar-refractivity contribution in [3.8, 4) is 0 Å². The molecule has 0 saturated carbocycles. The van der Waals surface area contributed by atoms with Gasteiger partial charge >= 0.3 is 5.97 Å². The smallest absolute Gasteiger partial charge is 0.305 e. The molecule has 0 atom stereocenters. The van der Waals surface area contributed by atoms with E-state index in [-0.39, 0.29) is 22.1 Å². The molecule has 112 valence electrons. The standard InChI is InChI=1S/C12H12N2O6S/c1-7(15)13-8-2-3-9-10(6-8)21(19,20)14(12(9)18)5-4-11(16)17/h2-3,6H,4-5H2,1H3,(H,13,15)(H,16,17). The summed E-state index contributed by atoms with van der Waals surface area (Å²) in [6, 6.07) is 3.89. The number of carboxylic acid groups (broad SMARTS) is 1. The average Bonchev–Trinajstić information content (AvgIpc) is 2.54. The molecule has 1 aromatic carbocycles. The molecule has 0 fully saturated rings. The number of amides is 2. The quantitative estimate of drug-likeness (QED) is 0.823. The van der Waals surface area contributed by atoms with E-state index in [4.69, 9.17) is 5.11 Å². The lowest BCUT2D eigenvalue weighted by molar-refractivity contribution is -0.137. The Morgan fingerprint density at radius 3 is 2.57 bits per heavy atom. The van der Waals surface area contributed by atoms with Crippen molar-refractivity contribution in [3.05, 3.63) is 23.8 Å². The molecule has 9 heteroatoms. The van der Waals surface area contributed by atoms with Gasteiger partial charge in [-0.2, -0.15) is 0 Å². The second-order valence-corrected chi connectivity index (χ2v) is 6.25. The highest BCUT2D eigenvalue weighted by atomic mass is 32.2. The molecule has 0 saturated heterocycles. The monoisotopic (exact) mass is 312 g/mol. The average molecular weight is 312 g/mol. The summed E-state index contributed by atoms with van der Waals surface area (Å²) in [5.74, 6) is -2.34. The molecule has 0 spiro atoms. The zero-order valence-corrected chi connectivity index (χ0v) is 11.8. The number of sulfonamides is 1. The molecule has 21 heavy (non-hydrogen) atoms. The fourth-order valence-electron chi connectivity index (χ4n) is 1.97. The molecular weight excluding hydrogens is 300 g/mol. The molecule has 2 amide bonds. The number of fused-ring (bicyclic) bond motifs is 1. The summed E-state index contributed by atoms with van der Waals surface area (Å²) < 4.78 is 25.0. The molecule has 0 unspecified atom stereocenters. The zero-order valence-electron chi connectivity index (χ0n) is 11.0. The van der Waals surface area contributed by atoms with Crippen LogP contribution in [0.4, 0.5) is 5.69 Å². The van der Waals surface area contributed by atoms with E-state index in [9.17, 15) is 22.8 Å². The Hall–Kier alpha value is -2.42. The van der Waals surface area contributed by atoms with Crippen molar-refractivity contribution >= 4 is 33.5 Å². The highest BCUT2D eigenvalue weighted by Gasteiger charge is 2.41. The number of rotatable bonds is 4. The SMILES string of the molecule is CC(=O)Nc1ccc2c(c1)S(=O)(=O)N(CCC(=O)O)C2=O. The Balaban J connectivity index is 2.41. The second kappa shape index (κ2) is 5.17. The van der Waals surface area contributed by atoms with Gasteiger partial charge in [0.25, 0.3) is 15.9 Å². The molecule has 1 heterocycles. The van der Waals surface area contributed by atoms with Crippen LogP contribution in [0.15, 0.2) is 23.1 Å². The van der Waals surface area contributed by atoms with Gasteiger partial charge in [-0.1, -0.05) is 0 Å².